The van der Waals surface area contributed by atoms with Crippen molar-refractivity contribution in [2.45, 2.75) is 12.8 Å². The van der Waals surface area contributed by atoms with Gasteiger partial charge in [0.15, 0.2) is 5.58 Å². The molecule has 1 aromatic heterocycles. The summed E-state index contributed by atoms with van der Waals surface area (Å²) >= 11 is 0. The highest BCUT2D eigenvalue weighted by Gasteiger charge is 2.47. The van der Waals surface area contributed by atoms with Gasteiger partial charge in [-0.15, -0.1) is 0 Å². The smallest absolute Gasteiger partial charge is 0.298 e. The summed E-state index contributed by atoms with van der Waals surface area (Å²) in [6.07, 6.45) is 2.18. The van der Waals surface area contributed by atoms with Gasteiger partial charge in [0.2, 0.25) is 0 Å². The number of hydrogen-bond donors (Lipinski definition) is 1. The van der Waals surface area contributed by atoms with E-state index in [-0.39, 0.29) is 5.41 Å². The summed E-state index contributed by atoms with van der Waals surface area (Å²) in [6, 6.07) is 8.65. The lowest BCUT2D eigenvalue weighted by Crippen LogP contribution is -2.39. The predicted molar refractivity (Wildman–Crippen MR) is 81.3 cm³/mol. The average molecular weight is 287 g/mol. The molecule has 0 amide bonds. The molecule has 2 saturated heterocycles. The van der Waals surface area contributed by atoms with Crippen molar-refractivity contribution >= 4 is 17.1 Å². The van der Waals surface area contributed by atoms with Crippen molar-refractivity contribution in [2.24, 2.45) is 17.1 Å². The van der Waals surface area contributed by atoms with E-state index in [2.05, 4.69) is 9.88 Å². The molecule has 4 rings (SSSR count). The first-order valence-electron chi connectivity index (χ1n) is 7.69. The molecule has 0 aliphatic carbocycles. The Morgan fingerprint density at radius 2 is 2.10 bits per heavy atom. The van der Waals surface area contributed by atoms with Crippen molar-refractivity contribution in [3.63, 3.8) is 0 Å². The van der Waals surface area contributed by atoms with Gasteiger partial charge in [0, 0.05) is 26.3 Å². The summed E-state index contributed by atoms with van der Waals surface area (Å²) < 4.78 is 11.5. The monoisotopic (exact) mass is 287 g/mol. The van der Waals surface area contributed by atoms with E-state index in [4.69, 9.17) is 14.9 Å². The first kappa shape index (κ1) is 13.1. The third kappa shape index (κ3) is 2.12. The summed E-state index contributed by atoms with van der Waals surface area (Å²) in [5, 5.41) is 0. The summed E-state index contributed by atoms with van der Waals surface area (Å²) in [6.45, 7) is 4.32. The van der Waals surface area contributed by atoms with Crippen LogP contribution in [-0.4, -0.2) is 37.8 Å². The number of oxazole rings is 1. The van der Waals surface area contributed by atoms with Crippen LogP contribution in [-0.2, 0) is 4.74 Å². The minimum Gasteiger partial charge on any atom is -0.423 e. The van der Waals surface area contributed by atoms with Gasteiger partial charge in [-0.25, -0.2) is 0 Å². The Kier molecular flexibility index (Phi) is 3.12. The van der Waals surface area contributed by atoms with Gasteiger partial charge in [-0.2, -0.15) is 4.98 Å². The largest absolute Gasteiger partial charge is 0.423 e. The first-order chi connectivity index (χ1) is 10.3. The van der Waals surface area contributed by atoms with E-state index in [1.807, 2.05) is 24.3 Å². The molecule has 1 atom stereocenters. The molecule has 0 radical (unpaired) electrons. The molecule has 2 aromatic rings. The number of rotatable bonds is 2. The van der Waals surface area contributed by atoms with Gasteiger partial charge < -0.3 is 19.8 Å². The van der Waals surface area contributed by atoms with E-state index >= 15 is 0 Å². The van der Waals surface area contributed by atoms with Crippen molar-refractivity contribution in [1.29, 1.82) is 0 Å². The molecule has 2 fully saturated rings. The quantitative estimate of drug-likeness (QED) is 0.915. The van der Waals surface area contributed by atoms with Gasteiger partial charge in [0.05, 0.1) is 0 Å². The Hall–Kier alpha value is -1.59. The number of anilines is 1. The van der Waals surface area contributed by atoms with Crippen LogP contribution in [0.4, 0.5) is 6.01 Å². The maximum Gasteiger partial charge on any atom is 0.298 e. The Balaban J connectivity index is 1.64. The number of hydrogen-bond acceptors (Lipinski definition) is 5. The normalized spacial score (nSPS) is 25.0. The number of nitrogens with zero attached hydrogens (tertiary/aromatic N) is 2. The minimum absolute atomic E-state index is 0.271. The SMILES string of the molecule is NCC1CN(c2nc3ccccc3o2)CC12CCOCC2. The lowest BCUT2D eigenvalue weighted by molar-refractivity contribution is 0.00484. The predicted octanol–water partition coefficient (Wildman–Crippen LogP) is 2.02. The van der Waals surface area contributed by atoms with Crippen molar-refractivity contribution in [3.05, 3.63) is 24.3 Å². The average Bonchev–Trinajstić information content (AvgIpc) is 3.09. The van der Waals surface area contributed by atoms with Gasteiger partial charge in [-0.1, -0.05) is 12.1 Å². The molecule has 5 nitrogen and oxygen atoms in total. The number of ether oxygens (including phenoxy) is 1. The van der Waals surface area contributed by atoms with Crippen LogP contribution in [0, 0.1) is 11.3 Å². The number of aromatic nitrogens is 1. The second-order valence-electron chi connectivity index (χ2n) is 6.25. The molecule has 2 aliphatic heterocycles. The maximum absolute atomic E-state index is 6.04. The molecule has 112 valence electrons. The van der Waals surface area contributed by atoms with E-state index in [9.17, 15) is 0 Å². The molecule has 2 aliphatic rings. The molecule has 5 heteroatoms. The van der Waals surface area contributed by atoms with Crippen LogP contribution < -0.4 is 10.6 Å². The highest BCUT2D eigenvalue weighted by molar-refractivity contribution is 5.74. The van der Waals surface area contributed by atoms with Crippen molar-refractivity contribution in [2.75, 3.05) is 37.7 Å². The molecular formula is C16H21N3O2. The number of fused-ring (bicyclic) bond motifs is 1. The van der Waals surface area contributed by atoms with Gasteiger partial charge in [0.1, 0.15) is 5.52 Å². The number of benzene rings is 1. The van der Waals surface area contributed by atoms with Crippen LogP contribution >= 0.6 is 0 Å². The summed E-state index contributed by atoms with van der Waals surface area (Å²) in [5.74, 6) is 0.497. The third-order valence-electron chi connectivity index (χ3n) is 5.14. The zero-order valence-electron chi connectivity index (χ0n) is 12.1. The van der Waals surface area contributed by atoms with Gasteiger partial charge in [0.25, 0.3) is 6.01 Å². The van der Waals surface area contributed by atoms with E-state index in [0.717, 1.165) is 62.8 Å². The fourth-order valence-electron chi connectivity index (χ4n) is 3.84. The highest BCUT2D eigenvalue weighted by atomic mass is 16.5. The fourth-order valence-corrected chi connectivity index (χ4v) is 3.84. The van der Waals surface area contributed by atoms with E-state index in [0.29, 0.717) is 5.92 Å². The summed E-state index contributed by atoms with van der Waals surface area (Å²) in [5.41, 5.74) is 8.08. The van der Waals surface area contributed by atoms with Crippen LogP contribution in [0.25, 0.3) is 11.1 Å². The van der Waals surface area contributed by atoms with Crippen molar-refractivity contribution in [1.82, 2.24) is 4.98 Å². The van der Waals surface area contributed by atoms with Gasteiger partial charge in [-0.05, 0) is 42.9 Å². The zero-order valence-corrected chi connectivity index (χ0v) is 12.1. The van der Waals surface area contributed by atoms with E-state index in [1.54, 1.807) is 0 Å². The summed E-state index contributed by atoms with van der Waals surface area (Å²) in [4.78, 5) is 6.90. The lowest BCUT2D eigenvalue weighted by Gasteiger charge is -2.37. The first-order valence-corrected chi connectivity index (χ1v) is 7.69. The van der Waals surface area contributed by atoms with Crippen LogP contribution in [0.15, 0.2) is 28.7 Å². The number of nitrogens with two attached hydrogens (primary N) is 1. The molecule has 1 spiro atoms. The fraction of sp³-hybridized carbons (Fsp3) is 0.562. The van der Waals surface area contributed by atoms with Gasteiger partial charge in [-0.3, -0.25) is 0 Å². The molecule has 0 saturated carbocycles. The van der Waals surface area contributed by atoms with Crippen LogP contribution in [0.5, 0.6) is 0 Å². The van der Waals surface area contributed by atoms with E-state index in [1.165, 1.54) is 0 Å². The van der Waals surface area contributed by atoms with Crippen molar-refractivity contribution in [3.8, 4) is 0 Å². The van der Waals surface area contributed by atoms with Crippen LogP contribution in [0.2, 0.25) is 0 Å². The molecule has 0 bridgehead atoms. The molecule has 21 heavy (non-hydrogen) atoms. The standard InChI is InChI=1S/C16H21N3O2/c17-9-12-10-19(11-16(12)5-7-20-8-6-16)15-18-13-3-1-2-4-14(13)21-15/h1-4,12H,5-11,17H2. The molecule has 1 unspecified atom stereocenters. The lowest BCUT2D eigenvalue weighted by atomic mass is 9.72. The van der Waals surface area contributed by atoms with Crippen LogP contribution in [0.1, 0.15) is 12.8 Å². The molecular weight excluding hydrogens is 266 g/mol. The summed E-state index contributed by atoms with van der Waals surface area (Å²) in [7, 11) is 0. The van der Waals surface area contributed by atoms with E-state index < -0.39 is 0 Å². The maximum atomic E-state index is 6.04. The highest BCUT2D eigenvalue weighted by Crippen LogP contribution is 2.45. The second kappa shape index (κ2) is 5.00. The second-order valence-corrected chi connectivity index (χ2v) is 6.25. The molecule has 3 heterocycles. The Bertz CT molecular complexity index is 600. The van der Waals surface area contributed by atoms with Crippen LogP contribution in [0.3, 0.4) is 0 Å². The van der Waals surface area contributed by atoms with Gasteiger partial charge >= 0.3 is 0 Å². The third-order valence-corrected chi connectivity index (χ3v) is 5.14. The Morgan fingerprint density at radius 1 is 1.29 bits per heavy atom. The number of para-hydroxylation sites is 2. The zero-order chi connectivity index (χ0) is 14.3. The molecule has 2 N–H and O–H groups in total. The van der Waals surface area contributed by atoms with Crippen molar-refractivity contribution < 1.29 is 9.15 Å². The Labute approximate surface area is 124 Å². The minimum atomic E-state index is 0.271. The Morgan fingerprint density at radius 3 is 2.86 bits per heavy atom. The topological polar surface area (TPSA) is 64.5 Å². The molecule has 1 aromatic carbocycles.